The largest absolute Gasteiger partial charge is 0.466 e. The van der Waals surface area contributed by atoms with Gasteiger partial charge < -0.3 is 15.2 Å². The van der Waals surface area contributed by atoms with E-state index in [2.05, 4.69) is 5.32 Å². The van der Waals surface area contributed by atoms with Gasteiger partial charge in [-0.1, -0.05) is 12.8 Å². The molecule has 4 nitrogen and oxygen atoms in total. The molecule has 116 valence electrons. The van der Waals surface area contributed by atoms with E-state index in [-0.39, 0.29) is 18.0 Å². The molecule has 2 saturated carbocycles. The zero-order chi connectivity index (χ0) is 14.4. The first-order valence-corrected chi connectivity index (χ1v) is 8.27. The van der Waals surface area contributed by atoms with Crippen LogP contribution in [0.4, 0.5) is 0 Å². The monoisotopic (exact) mass is 283 g/mol. The van der Waals surface area contributed by atoms with Crippen molar-refractivity contribution in [2.24, 2.45) is 11.8 Å². The highest BCUT2D eigenvalue weighted by Crippen LogP contribution is 2.27. The Morgan fingerprint density at radius 3 is 2.75 bits per heavy atom. The second-order valence-corrected chi connectivity index (χ2v) is 6.41. The number of rotatable bonds is 5. The van der Waals surface area contributed by atoms with E-state index in [4.69, 9.17) is 4.74 Å². The Balaban J connectivity index is 1.71. The molecule has 0 amide bonds. The van der Waals surface area contributed by atoms with Crippen LogP contribution in [0, 0.1) is 11.8 Å². The molecule has 0 radical (unpaired) electrons. The molecular weight excluding hydrogens is 254 g/mol. The molecule has 2 N–H and O–H groups in total. The van der Waals surface area contributed by atoms with Crippen LogP contribution in [0.5, 0.6) is 0 Å². The van der Waals surface area contributed by atoms with Crippen molar-refractivity contribution in [3.05, 3.63) is 0 Å². The van der Waals surface area contributed by atoms with Crippen LogP contribution in [0.15, 0.2) is 0 Å². The molecule has 2 fully saturated rings. The average Bonchev–Trinajstić information content (AvgIpc) is 2.46. The first-order valence-electron chi connectivity index (χ1n) is 8.27. The molecule has 4 heteroatoms. The van der Waals surface area contributed by atoms with Crippen molar-refractivity contribution in [2.75, 3.05) is 13.2 Å². The van der Waals surface area contributed by atoms with Gasteiger partial charge in [-0.3, -0.25) is 4.79 Å². The third kappa shape index (κ3) is 4.74. The normalized spacial score (nSPS) is 34.7. The Kier molecular flexibility index (Phi) is 6.30. The lowest BCUT2D eigenvalue weighted by atomic mass is 9.84. The maximum absolute atomic E-state index is 11.8. The summed E-state index contributed by atoms with van der Waals surface area (Å²) in [5.74, 6) is 0.659. The van der Waals surface area contributed by atoms with E-state index in [0.717, 1.165) is 51.5 Å². The molecule has 0 heterocycles. The van der Waals surface area contributed by atoms with Gasteiger partial charge in [-0.2, -0.15) is 0 Å². The van der Waals surface area contributed by atoms with Crippen LogP contribution in [-0.2, 0) is 9.53 Å². The zero-order valence-corrected chi connectivity index (χ0v) is 12.6. The summed E-state index contributed by atoms with van der Waals surface area (Å²) in [4.78, 5) is 11.8. The van der Waals surface area contributed by atoms with Crippen LogP contribution in [-0.4, -0.2) is 36.4 Å². The minimum atomic E-state index is -0.103. The number of hydrogen-bond acceptors (Lipinski definition) is 4. The summed E-state index contributed by atoms with van der Waals surface area (Å²) in [7, 11) is 0. The van der Waals surface area contributed by atoms with E-state index in [1.165, 1.54) is 6.42 Å². The van der Waals surface area contributed by atoms with Crippen LogP contribution in [0.3, 0.4) is 0 Å². The predicted octanol–water partition coefficient (Wildman–Crippen LogP) is 2.25. The lowest BCUT2D eigenvalue weighted by Crippen LogP contribution is -2.40. The van der Waals surface area contributed by atoms with Gasteiger partial charge in [-0.25, -0.2) is 0 Å². The second kappa shape index (κ2) is 7.99. The fourth-order valence-electron chi connectivity index (χ4n) is 3.63. The van der Waals surface area contributed by atoms with Gasteiger partial charge in [-0.15, -0.1) is 0 Å². The quantitative estimate of drug-likeness (QED) is 0.760. The Morgan fingerprint density at radius 1 is 1.20 bits per heavy atom. The Morgan fingerprint density at radius 2 is 2.00 bits per heavy atom. The van der Waals surface area contributed by atoms with Gasteiger partial charge in [0.15, 0.2) is 0 Å². The number of carbonyl (C=O) groups excluding carboxylic acids is 1. The third-order valence-electron chi connectivity index (χ3n) is 4.74. The first kappa shape index (κ1) is 15.8. The average molecular weight is 283 g/mol. The van der Waals surface area contributed by atoms with Crippen molar-refractivity contribution in [2.45, 2.75) is 70.4 Å². The number of nitrogens with one attached hydrogen (secondary N) is 1. The molecule has 0 aliphatic heterocycles. The first-order chi connectivity index (χ1) is 9.69. The molecule has 2 aliphatic rings. The summed E-state index contributed by atoms with van der Waals surface area (Å²) in [5, 5.41) is 13.3. The Labute approximate surface area is 122 Å². The number of carbonyl (C=O) groups is 1. The molecular formula is C16H29NO3. The van der Waals surface area contributed by atoms with Crippen LogP contribution < -0.4 is 5.32 Å². The van der Waals surface area contributed by atoms with Gasteiger partial charge in [0, 0.05) is 6.04 Å². The lowest BCUT2D eigenvalue weighted by molar-refractivity contribution is -0.149. The maximum atomic E-state index is 11.8. The fraction of sp³-hybridized carbons (Fsp3) is 0.938. The summed E-state index contributed by atoms with van der Waals surface area (Å²) in [6.07, 6.45) is 8.30. The fourth-order valence-corrected chi connectivity index (χ4v) is 3.63. The molecule has 2 aliphatic carbocycles. The molecule has 4 unspecified atom stereocenters. The van der Waals surface area contributed by atoms with E-state index in [1.807, 2.05) is 6.92 Å². The van der Waals surface area contributed by atoms with Gasteiger partial charge in [0.1, 0.15) is 0 Å². The summed E-state index contributed by atoms with van der Waals surface area (Å²) in [5.41, 5.74) is 0. The van der Waals surface area contributed by atoms with E-state index < -0.39 is 0 Å². The molecule has 20 heavy (non-hydrogen) atoms. The molecule has 2 rings (SSSR count). The van der Waals surface area contributed by atoms with Crippen LogP contribution >= 0.6 is 0 Å². The summed E-state index contributed by atoms with van der Waals surface area (Å²) >= 11 is 0. The highest BCUT2D eigenvalue weighted by Gasteiger charge is 2.29. The molecule has 0 bridgehead atoms. The van der Waals surface area contributed by atoms with Crippen molar-refractivity contribution in [1.82, 2.24) is 5.32 Å². The summed E-state index contributed by atoms with van der Waals surface area (Å²) < 4.78 is 5.14. The van der Waals surface area contributed by atoms with Gasteiger partial charge in [0.05, 0.1) is 18.6 Å². The van der Waals surface area contributed by atoms with Gasteiger partial charge >= 0.3 is 5.97 Å². The molecule has 0 saturated heterocycles. The summed E-state index contributed by atoms with van der Waals surface area (Å²) in [6, 6.07) is 0.442. The van der Waals surface area contributed by atoms with E-state index in [0.29, 0.717) is 18.6 Å². The Bertz CT molecular complexity index is 308. The zero-order valence-electron chi connectivity index (χ0n) is 12.6. The van der Waals surface area contributed by atoms with E-state index >= 15 is 0 Å². The lowest BCUT2D eigenvalue weighted by Gasteiger charge is -2.31. The predicted molar refractivity (Wildman–Crippen MR) is 78.3 cm³/mol. The number of aliphatic hydroxyl groups is 1. The summed E-state index contributed by atoms with van der Waals surface area (Å²) in [6.45, 7) is 3.33. The van der Waals surface area contributed by atoms with Crippen LogP contribution in [0.25, 0.3) is 0 Å². The highest BCUT2D eigenvalue weighted by molar-refractivity contribution is 5.72. The number of ether oxygens (including phenoxy) is 1. The maximum Gasteiger partial charge on any atom is 0.308 e. The standard InChI is InChI=1S/C16H29NO3/c1-2-20-16(19)13-6-4-7-14(10-13)17-11-12-5-3-8-15(18)9-12/h12-15,17-18H,2-11H2,1H3. The minimum Gasteiger partial charge on any atom is -0.466 e. The third-order valence-corrected chi connectivity index (χ3v) is 4.74. The van der Waals surface area contributed by atoms with Crippen molar-refractivity contribution >= 4 is 5.97 Å². The second-order valence-electron chi connectivity index (χ2n) is 6.41. The number of hydrogen-bond donors (Lipinski definition) is 2. The van der Waals surface area contributed by atoms with E-state index in [1.54, 1.807) is 0 Å². The molecule has 0 aromatic heterocycles. The van der Waals surface area contributed by atoms with Crippen LogP contribution in [0.1, 0.15) is 58.3 Å². The molecule has 4 atom stereocenters. The SMILES string of the molecule is CCOC(=O)C1CCCC(NCC2CCCC(O)C2)C1. The molecule has 0 aromatic rings. The van der Waals surface area contributed by atoms with Gasteiger partial charge in [-0.05, 0) is 57.9 Å². The molecule has 0 aromatic carbocycles. The van der Waals surface area contributed by atoms with E-state index in [9.17, 15) is 9.90 Å². The van der Waals surface area contributed by atoms with Gasteiger partial charge in [0.2, 0.25) is 0 Å². The Hall–Kier alpha value is -0.610. The number of aliphatic hydroxyl groups excluding tert-OH is 1. The van der Waals surface area contributed by atoms with Crippen molar-refractivity contribution in [3.63, 3.8) is 0 Å². The van der Waals surface area contributed by atoms with Crippen molar-refractivity contribution in [3.8, 4) is 0 Å². The van der Waals surface area contributed by atoms with Gasteiger partial charge in [0.25, 0.3) is 0 Å². The molecule has 0 spiro atoms. The minimum absolute atomic E-state index is 0.0212. The highest BCUT2D eigenvalue weighted by atomic mass is 16.5. The van der Waals surface area contributed by atoms with Crippen LogP contribution in [0.2, 0.25) is 0 Å². The smallest absolute Gasteiger partial charge is 0.308 e. The van der Waals surface area contributed by atoms with Crippen molar-refractivity contribution < 1.29 is 14.6 Å². The van der Waals surface area contributed by atoms with Crippen molar-refractivity contribution in [1.29, 1.82) is 0 Å². The number of esters is 1. The topological polar surface area (TPSA) is 58.6 Å².